The van der Waals surface area contributed by atoms with Gasteiger partial charge in [-0.25, -0.2) is 4.98 Å². The monoisotopic (exact) mass is 236 g/mol. The van der Waals surface area contributed by atoms with Crippen molar-refractivity contribution in [3.8, 4) is 0 Å². The predicted octanol–water partition coefficient (Wildman–Crippen LogP) is 1.44. The van der Waals surface area contributed by atoms with Gasteiger partial charge in [0.2, 0.25) is 0 Å². The minimum absolute atomic E-state index is 0.0743. The molecule has 1 aliphatic rings. The molecule has 0 aromatic carbocycles. The molecule has 0 spiro atoms. The fraction of sp³-hybridized carbons (Fsp3) is 0.615. The van der Waals surface area contributed by atoms with Crippen LogP contribution in [0.25, 0.3) is 0 Å². The fourth-order valence-electron chi connectivity index (χ4n) is 2.38. The summed E-state index contributed by atoms with van der Waals surface area (Å²) in [6.07, 6.45) is 4.17. The summed E-state index contributed by atoms with van der Waals surface area (Å²) in [6, 6.07) is 3.81. The first-order valence-electron chi connectivity index (χ1n) is 6.13. The number of rotatable bonds is 4. The highest BCUT2D eigenvalue weighted by Crippen LogP contribution is 2.22. The van der Waals surface area contributed by atoms with Crippen molar-refractivity contribution in [3.05, 3.63) is 23.9 Å². The van der Waals surface area contributed by atoms with Gasteiger partial charge in [0.05, 0.1) is 13.2 Å². The molecule has 1 aromatic heterocycles. The second kappa shape index (κ2) is 5.98. The third-order valence-corrected chi connectivity index (χ3v) is 3.24. The van der Waals surface area contributed by atoms with Crippen LogP contribution in [0.2, 0.25) is 0 Å². The molecular weight excluding hydrogens is 216 g/mol. The number of aliphatic hydroxyl groups is 1. The number of anilines is 1. The largest absolute Gasteiger partial charge is 0.392 e. The van der Waals surface area contributed by atoms with Crippen molar-refractivity contribution >= 4 is 5.82 Å². The van der Waals surface area contributed by atoms with Crippen LogP contribution in [0.4, 0.5) is 5.82 Å². The molecule has 2 rings (SSSR count). The van der Waals surface area contributed by atoms with Gasteiger partial charge in [-0.1, -0.05) is 0 Å². The number of hydrogen-bond donors (Lipinski definition) is 1. The Morgan fingerprint density at radius 3 is 3.24 bits per heavy atom. The van der Waals surface area contributed by atoms with Gasteiger partial charge in [0.15, 0.2) is 0 Å². The molecule has 1 unspecified atom stereocenters. The molecule has 4 nitrogen and oxygen atoms in total. The molecule has 1 aromatic rings. The Hall–Kier alpha value is -1.13. The van der Waals surface area contributed by atoms with E-state index in [1.165, 1.54) is 12.8 Å². The summed E-state index contributed by atoms with van der Waals surface area (Å²) >= 11 is 0. The lowest BCUT2D eigenvalue weighted by atomic mass is 9.99. The van der Waals surface area contributed by atoms with Gasteiger partial charge in [-0.2, -0.15) is 0 Å². The molecule has 1 atom stereocenters. The van der Waals surface area contributed by atoms with E-state index < -0.39 is 0 Å². The van der Waals surface area contributed by atoms with E-state index in [0.29, 0.717) is 5.92 Å². The smallest absolute Gasteiger partial charge is 0.128 e. The van der Waals surface area contributed by atoms with Crippen LogP contribution in [0.15, 0.2) is 18.3 Å². The normalized spacial score (nSPS) is 20.6. The zero-order chi connectivity index (χ0) is 12.1. The number of hydrogen-bond acceptors (Lipinski definition) is 4. The maximum absolute atomic E-state index is 9.13. The lowest BCUT2D eigenvalue weighted by Crippen LogP contribution is -2.37. The van der Waals surface area contributed by atoms with Gasteiger partial charge in [-0.3, -0.25) is 0 Å². The summed E-state index contributed by atoms with van der Waals surface area (Å²) in [5.74, 6) is 1.56. The standard InChI is InChI=1S/C13H20N2O2/c1-17-10-12-3-2-6-15(8-12)13-7-11(9-16)4-5-14-13/h4-5,7,12,16H,2-3,6,8-10H2,1H3. The Morgan fingerprint density at radius 2 is 2.47 bits per heavy atom. The van der Waals surface area contributed by atoms with Crippen molar-refractivity contribution in [3.63, 3.8) is 0 Å². The lowest BCUT2D eigenvalue weighted by molar-refractivity contribution is 0.143. The van der Waals surface area contributed by atoms with E-state index in [0.717, 1.165) is 31.1 Å². The lowest BCUT2D eigenvalue weighted by Gasteiger charge is -2.33. The second-order valence-corrected chi connectivity index (χ2v) is 4.59. The van der Waals surface area contributed by atoms with Crippen LogP contribution in [-0.2, 0) is 11.3 Å². The van der Waals surface area contributed by atoms with Crippen LogP contribution in [0.5, 0.6) is 0 Å². The molecule has 0 bridgehead atoms. The molecule has 0 radical (unpaired) electrons. The van der Waals surface area contributed by atoms with Gasteiger partial charge in [-0.05, 0) is 36.5 Å². The molecule has 0 saturated carbocycles. The third-order valence-electron chi connectivity index (χ3n) is 3.24. The first kappa shape index (κ1) is 12.3. The summed E-state index contributed by atoms with van der Waals surface area (Å²) in [5, 5.41) is 9.13. The van der Waals surface area contributed by atoms with Crippen LogP contribution in [0.3, 0.4) is 0 Å². The van der Waals surface area contributed by atoms with Crippen molar-refractivity contribution in [2.45, 2.75) is 19.4 Å². The molecule has 1 fully saturated rings. The van der Waals surface area contributed by atoms with Gasteiger partial charge in [0.1, 0.15) is 5.82 Å². The molecule has 17 heavy (non-hydrogen) atoms. The number of ether oxygens (including phenoxy) is 1. The quantitative estimate of drug-likeness (QED) is 0.859. The minimum Gasteiger partial charge on any atom is -0.392 e. The SMILES string of the molecule is COCC1CCCN(c2cc(CO)ccn2)C1. The second-order valence-electron chi connectivity index (χ2n) is 4.59. The van der Waals surface area contributed by atoms with Gasteiger partial charge in [0, 0.05) is 26.4 Å². The van der Waals surface area contributed by atoms with Crippen molar-refractivity contribution in [1.82, 2.24) is 4.98 Å². The summed E-state index contributed by atoms with van der Waals surface area (Å²) in [6.45, 7) is 2.93. The van der Waals surface area contributed by atoms with E-state index >= 15 is 0 Å². The highest BCUT2D eigenvalue weighted by Gasteiger charge is 2.20. The Bertz CT molecular complexity index is 355. The molecular formula is C13H20N2O2. The number of aromatic nitrogens is 1. The number of piperidine rings is 1. The van der Waals surface area contributed by atoms with Crippen LogP contribution in [0, 0.1) is 5.92 Å². The number of pyridine rings is 1. The van der Waals surface area contributed by atoms with Crippen molar-refractivity contribution in [1.29, 1.82) is 0 Å². The molecule has 2 heterocycles. The van der Waals surface area contributed by atoms with Gasteiger partial charge >= 0.3 is 0 Å². The van der Waals surface area contributed by atoms with E-state index in [4.69, 9.17) is 9.84 Å². The van der Waals surface area contributed by atoms with E-state index in [1.54, 1.807) is 13.3 Å². The van der Waals surface area contributed by atoms with Crippen LogP contribution >= 0.6 is 0 Å². The molecule has 1 saturated heterocycles. The first-order valence-corrected chi connectivity index (χ1v) is 6.13. The van der Waals surface area contributed by atoms with Gasteiger partial charge in [-0.15, -0.1) is 0 Å². The average molecular weight is 236 g/mol. The maximum atomic E-state index is 9.13. The zero-order valence-electron chi connectivity index (χ0n) is 10.3. The van der Waals surface area contributed by atoms with Crippen molar-refractivity contribution in [2.24, 2.45) is 5.92 Å². The minimum atomic E-state index is 0.0743. The molecule has 94 valence electrons. The summed E-state index contributed by atoms with van der Waals surface area (Å²) in [4.78, 5) is 6.66. The van der Waals surface area contributed by atoms with Crippen molar-refractivity contribution < 1.29 is 9.84 Å². The van der Waals surface area contributed by atoms with Crippen LogP contribution < -0.4 is 4.90 Å². The predicted molar refractivity (Wildman–Crippen MR) is 67.0 cm³/mol. The molecule has 1 N–H and O–H groups in total. The molecule has 4 heteroatoms. The zero-order valence-corrected chi connectivity index (χ0v) is 10.3. The topological polar surface area (TPSA) is 45.6 Å². The van der Waals surface area contributed by atoms with E-state index in [1.807, 2.05) is 12.1 Å². The van der Waals surface area contributed by atoms with Gasteiger partial charge < -0.3 is 14.7 Å². The summed E-state index contributed by atoms with van der Waals surface area (Å²) in [7, 11) is 1.75. The molecule has 0 amide bonds. The first-order chi connectivity index (χ1) is 8.33. The highest BCUT2D eigenvalue weighted by atomic mass is 16.5. The average Bonchev–Trinajstić information content (AvgIpc) is 2.40. The van der Waals surface area contributed by atoms with E-state index in [2.05, 4.69) is 9.88 Å². The molecule has 1 aliphatic heterocycles. The Labute approximate surface area is 102 Å². The van der Waals surface area contributed by atoms with Crippen LogP contribution in [-0.4, -0.2) is 36.9 Å². The number of methoxy groups -OCH3 is 1. The summed E-state index contributed by atoms with van der Waals surface area (Å²) in [5.41, 5.74) is 0.920. The van der Waals surface area contributed by atoms with E-state index in [9.17, 15) is 0 Å². The summed E-state index contributed by atoms with van der Waals surface area (Å²) < 4.78 is 5.22. The Morgan fingerprint density at radius 1 is 1.59 bits per heavy atom. The number of nitrogens with zero attached hydrogens (tertiary/aromatic N) is 2. The van der Waals surface area contributed by atoms with Gasteiger partial charge in [0.25, 0.3) is 0 Å². The number of aliphatic hydroxyl groups excluding tert-OH is 1. The van der Waals surface area contributed by atoms with Crippen LogP contribution in [0.1, 0.15) is 18.4 Å². The Kier molecular flexibility index (Phi) is 4.34. The Balaban J connectivity index is 2.05. The van der Waals surface area contributed by atoms with Crippen molar-refractivity contribution in [2.75, 3.05) is 31.7 Å². The maximum Gasteiger partial charge on any atom is 0.128 e. The van der Waals surface area contributed by atoms with E-state index in [-0.39, 0.29) is 6.61 Å². The highest BCUT2D eigenvalue weighted by molar-refractivity contribution is 5.41. The molecule has 0 aliphatic carbocycles. The fourth-order valence-corrected chi connectivity index (χ4v) is 2.38. The third kappa shape index (κ3) is 3.17.